The highest BCUT2D eigenvalue weighted by Gasteiger charge is 2.31. The van der Waals surface area contributed by atoms with Gasteiger partial charge in [-0.15, -0.1) is 0 Å². The van der Waals surface area contributed by atoms with Crippen molar-refractivity contribution in [1.29, 1.82) is 0 Å². The minimum atomic E-state index is -0.741. The van der Waals surface area contributed by atoms with E-state index in [0.717, 1.165) is 46.7 Å². The van der Waals surface area contributed by atoms with E-state index in [1.807, 2.05) is 55.5 Å². The molecule has 0 radical (unpaired) electrons. The molecule has 1 aliphatic rings. The second kappa shape index (κ2) is 7.50. The molecule has 2 unspecified atom stereocenters. The Kier molecular flexibility index (Phi) is 4.90. The average Bonchev–Trinajstić information content (AvgIpc) is 3.29. The number of aromatic nitrogens is 1. The van der Waals surface area contributed by atoms with Crippen LogP contribution < -0.4 is 4.74 Å². The molecule has 2 aromatic carbocycles. The van der Waals surface area contributed by atoms with E-state index in [1.165, 1.54) is 5.56 Å². The Morgan fingerprint density at radius 1 is 1.29 bits per heavy atom. The first-order chi connectivity index (χ1) is 13.5. The van der Waals surface area contributed by atoms with Crippen molar-refractivity contribution in [1.82, 2.24) is 5.16 Å². The predicted octanol–water partition coefficient (Wildman–Crippen LogP) is 4.98. The Morgan fingerprint density at radius 3 is 2.82 bits per heavy atom. The van der Waals surface area contributed by atoms with Gasteiger partial charge in [-0.05, 0) is 48.9 Å². The van der Waals surface area contributed by atoms with Crippen LogP contribution in [0.4, 0.5) is 0 Å². The minimum Gasteiger partial charge on any atom is -0.489 e. The molecule has 4 rings (SSSR count). The molecule has 1 N–H and O–H groups in total. The van der Waals surface area contributed by atoms with E-state index in [1.54, 1.807) is 6.92 Å². The Labute approximate surface area is 163 Å². The fourth-order valence-electron chi connectivity index (χ4n) is 3.95. The summed E-state index contributed by atoms with van der Waals surface area (Å²) >= 11 is 0. The molecule has 2 atom stereocenters. The molecule has 5 heteroatoms. The van der Waals surface area contributed by atoms with Crippen LogP contribution in [0.1, 0.15) is 41.7 Å². The summed E-state index contributed by atoms with van der Waals surface area (Å²) in [5, 5.41) is 13.5. The minimum absolute atomic E-state index is 0.0755. The lowest BCUT2D eigenvalue weighted by molar-refractivity contribution is -0.141. The highest BCUT2D eigenvalue weighted by Crippen LogP contribution is 2.40. The number of fused-ring (bicyclic) bond motifs is 1. The van der Waals surface area contributed by atoms with Crippen molar-refractivity contribution in [2.24, 2.45) is 5.92 Å². The summed E-state index contributed by atoms with van der Waals surface area (Å²) in [4.78, 5) is 11.3. The number of carboxylic acid groups (broad SMARTS) is 1. The molecule has 0 aliphatic heterocycles. The molecule has 3 aromatic rings. The van der Waals surface area contributed by atoms with Crippen molar-refractivity contribution in [2.75, 3.05) is 0 Å². The molecule has 28 heavy (non-hydrogen) atoms. The molecule has 0 spiro atoms. The number of aliphatic carboxylic acids is 1. The van der Waals surface area contributed by atoms with Crippen molar-refractivity contribution in [2.45, 2.75) is 39.2 Å². The number of rotatable bonds is 6. The van der Waals surface area contributed by atoms with Crippen molar-refractivity contribution in [3.63, 3.8) is 0 Å². The summed E-state index contributed by atoms with van der Waals surface area (Å²) < 4.78 is 11.4. The van der Waals surface area contributed by atoms with E-state index >= 15 is 0 Å². The molecule has 0 amide bonds. The van der Waals surface area contributed by atoms with Gasteiger partial charge in [0.1, 0.15) is 23.8 Å². The summed E-state index contributed by atoms with van der Waals surface area (Å²) in [5.41, 5.74) is 5.05. The van der Waals surface area contributed by atoms with Crippen LogP contribution in [0, 0.1) is 12.8 Å². The van der Waals surface area contributed by atoms with Crippen molar-refractivity contribution < 1.29 is 19.2 Å². The zero-order chi connectivity index (χ0) is 19.7. The van der Waals surface area contributed by atoms with E-state index in [9.17, 15) is 9.90 Å². The second-order valence-corrected chi connectivity index (χ2v) is 7.35. The zero-order valence-corrected chi connectivity index (χ0v) is 16.0. The first-order valence-electron chi connectivity index (χ1n) is 9.53. The zero-order valence-electron chi connectivity index (χ0n) is 16.0. The van der Waals surface area contributed by atoms with Gasteiger partial charge in [0.05, 0.1) is 11.5 Å². The molecule has 1 aliphatic carbocycles. The van der Waals surface area contributed by atoms with Crippen molar-refractivity contribution in [3.8, 4) is 17.0 Å². The summed E-state index contributed by atoms with van der Waals surface area (Å²) in [6, 6.07) is 15.9. The number of aryl methyl sites for hydroxylation is 2. The van der Waals surface area contributed by atoms with Crippen molar-refractivity contribution >= 4 is 5.97 Å². The monoisotopic (exact) mass is 377 g/mol. The third kappa shape index (κ3) is 3.40. The maximum Gasteiger partial charge on any atom is 0.306 e. The van der Waals surface area contributed by atoms with Crippen LogP contribution in [0.25, 0.3) is 11.3 Å². The first-order valence-corrected chi connectivity index (χ1v) is 9.53. The van der Waals surface area contributed by atoms with Gasteiger partial charge in [-0.1, -0.05) is 48.5 Å². The molecule has 0 saturated carbocycles. The van der Waals surface area contributed by atoms with E-state index in [2.05, 4.69) is 5.16 Å². The molecule has 1 heterocycles. The Hall–Kier alpha value is -3.08. The Bertz CT molecular complexity index is 993. The van der Waals surface area contributed by atoms with E-state index in [4.69, 9.17) is 9.26 Å². The van der Waals surface area contributed by atoms with Gasteiger partial charge in [-0.3, -0.25) is 4.79 Å². The summed E-state index contributed by atoms with van der Waals surface area (Å²) in [6.45, 7) is 4.04. The van der Waals surface area contributed by atoms with Gasteiger partial charge < -0.3 is 14.4 Å². The molecule has 0 fully saturated rings. The van der Waals surface area contributed by atoms with Crippen LogP contribution in [0.5, 0.6) is 5.75 Å². The van der Waals surface area contributed by atoms with E-state index in [0.29, 0.717) is 6.61 Å². The summed E-state index contributed by atoms with van der Waals surface area (Å²) in [6.07, 6.45) is 1.76. The van der Waals surface area contributed by atoms with Crippen LogP contribution in [0.3, 0.4) is 0 Å². The lowest BCUT2D eigenvalue weighted by atomic mass is 9.89. The van der Waals surface area contributed by atoms with Crippen LogP contribution in [-0.4, -0.2) is 16.2 Å². The Balaban J connectivity index is 1.52. The molecule has 1 aromatic heterocycles. The maximum absolute atomic E-state index is 11.3. The lowest BCUT2D eigenvalue weighted by Gasteiger charge is -2.16. The lowest BCUT2D eigenvalue weighted by Crippen LogP contribution is -2.17. The van der Waals surface area contributed by atoms with Gasteiger partial charge in [0.15, 0.2) is 0 Å². The molecule has 144 valence electrons. The van der Waals surface area contributed by atoms with E-state index in [-0.39, 0.29) is 11.8 Å². The maximum atomic E-state index is 11.3. The van der Waals surface area contributed by atoms with Crippen LogP contribution in [-0.2, 0) is 17.8 Å². The molecule has 5 nitrogen and oxygen atoms in total. The number of carboxylic acids is 1. The van der Waals surface area contributed by atoms with E-state index < -0.39 is 5.97 Å². The van der Waals surface area contributed by atoms with Gasteiger partial charge in [0.2, 0.25) is 0 Å². The Morgan fingerprint density at radius 2 is 2.07 bits per heavy atom. The largest absolute Gasteiger partial charge is 0.489 e. The number of benzene rings is 2. The molecular weight excluding hydrogens is 354 g/mol. The second-order valence-electron chi connectivity index (χ2n) is 7.35. The predicted molar refractivity (Wildman–Crippen MR) is 105 cm³/mol. The van der Waals surface area contributed by atoms with Crippen molar-refractivity contribution in [3.05, 3.63) is 71.0 Å². The number of nitrogens with zero attached hydrogens (tertiary/aromatic N) is 1. The number of carbonyl (C=O) groups is 1. The number of ether oxygens (including phenoxy) is 1. The van der Waals surface area contributed by atoms with Gasteiger partial charge in [-0.25, -0.2) is 0 Å². The average molecular weight is 377 g/mol. The van der Waals surface area contributed by atoms with Crippen LogP contribution in [0.2, 0.25) is 0 Å². The fourth-order valence-corrected chi connectivity index (χ4v) is 3.95. The molecule has 0 saturated heterocycles. The van der Waals surface area contributed by atoms with Gasteiger partial charge in [-0.2, -0.15) is 0 Å². The standard InChI is InChI=1S/C23H23NO4/c1-14(23(25)26)19-10-8-17-12-18(9-11-20(17)19)27-13-21-15(2)28-24-22(21)16-6-4-3-5-7-16/h3-7,9,11-12,14,19H,8,10,13H2,1-2H3,(H,25,26). The molecular formula is C23H23NO4. The summed E-state index contributed by atoms with van der Waals surface area (Å²) in [5.74, 6) is 0.486. The first kappa shape index (κ1) is 18.3. The van der Waals surface area contributed by atoms with Crippen LogP contribution in [0.15, 0.2) is 53.1 Å². The third-order valence-corrected chi connectivity index (χ3v) is 5.65. The summed E-state index contributed by atoms with van der Waals surface area (Å²) in [7, 11) is 0. The highest BCUT2D eigenvalue weighted by atomic mass is 16.5. The van der Waals surface area contributed by atoms with Gasteiger partial charge in [0.25, 0.3) is 0 Å². The smallest absolute Gasteiger partial charge is 0.306 e. The molecule has 0 bridgehead atoms. The van der Waals surface area contributed by atoms with Gasteiger partial charge >= 0.3 is 5.97 Å². The van der Waals surface area contributed by atoms with Gasteiger partial charge in [0, 0.05) is 5.56 Å². The fraction of sp³-hybridized carbons (Fsp3) is 0.304. The third-order valence-electron chi connectivity index (χ3n) is 5.65. The highest BCUT2D eigenvalue weighted by molar-refractivity contribution is 5.71. The topological polar surface area (TPSA) is 72.6 Å². The quantitative estimate of drug-likeness (QED) is 0.656. The number of hydrogen-bond donors (Lipinski definition) is 1. The van der Waals surface area contributed by atoms with Crippen LogP contribution >= 0.6 is 0 Å². The SMILES string of the molecule is Cc1onc(-c2ccccc2)c1COc1ccc2c(c1)CCC2C(C)C(=O)O. The number of hydrogen-bond acceptors (Lipinski definition) is 4. The normalized spacial score (nSPS) is 16.6.